The number of hydrogen-bond donors (Lipinski definition) is 4. The van der Waals surface area contributed by atoms with Crippen LogP contribution in [0.4, 0.5) is 16.3 Å². The maximum Gasteiger partial charge on any atom is 0.524 e. The van der Waals surface area contributed by atoms with Crippen molar-refractivity contribution in [3.8, 4) is 5.75 Å². The van der Waals surface area contributed by atoms with Crippen molar-refractivity contribution < 1.29 is 47.5 Å². The van der Waals surface area contributed by atoms with Crippen molar-refractivity contribution in [2.24, 2.45) is 0 Å². The van der Waals surface area contributed by atoms with Gasteiger partial charge < -0.3 is 24.6 Å². The summed E-state index contributed by atoms with van der Waals surface area (Å²) in [5.41, 5.74) is 3.62. The van der Waals surface area contributed by atoms with Gasteiger partial charge in [0.25, 0.3) is 11.8 Å². The third-order valence-electron chi connectivity index (χ3n) is 6.96. The molecule has 0 atom stereocenters. The first-order valence-corrected chi connectivity index (χ1v) is 16.3. The zero-order valence-electron chi connectivity index (χ0n) is 26.6. The molecule has 4 N–H and O–H groups in total. The smallest absolute Gasteiger partial charge is 0.428 e. The van der Waals surface area contributed by atoms with Gasteiger partial charge >= 0.3 is 19.9 Å². The van der Waals surface area contributed by atoms with Crippen molar-refractivity contribution >= 4 is 48.7 Å². The first-order valence-electron chi connectivity index (χ1n) is 14.8. The molecule has 2 aromatic heterocycles. The van der Waals surface area contributed by atoms with Crippen LogP contribution < -0.4 is 15.2 Å². The first-order chi connectivity index (χ1) is 22.8. The maximum absolute atomic E-state index is 13.5. The van der Waals surface area contributed by atoms with Crippen LogP contribution in [-0.4, -0.2) is 73.0 Å². The number of benzene rings is 2. The highest BCUT2D eigenvalue weighted by atomic mass is 31.2. The Balaban J connectivity index is 1.42. The van der Waals surface area contributed by atoms with Crippen LogP contribution in [0.15, 0.2) is 55.0 Å². The van der Waals surface area contributed by atoms with Gasteiger partial charge in [0.15, 0.2) is 5.82 Å². The highest BCUT2D eigenvalue weighted by Gasteiger charge is 2.25. The SMILES string of the molecule is CCCN(C(=O)OCOC(=O)Cc1ccc(OP(=O)(O)O)cc1)C(=O)c1ccc(C)c(Nc2ncnn3cc(C(=O)NCC)c(C)c23)c1. The lowest BCUT2D eigenvalue weighted by Crippen LogP contribution is -2.38. The highest BCUT2D eigenvalue weighted by Crippen LogP contribution is 2.37. The number of carbonyl (C=O) groups is 4. The number of esters is 1. The molecule has 0 saturated carbocycles. The predicted octanol–water partition coefficient (Wildman–Crippen LogP) is 4.04. The van der Waals surface area contributed by atoms with Crippen LogP contribution in [0.1, 0.15) is 57.7 Å². The van der Waals surface area contributed by atoms with Crippen molar-refractivity contribution in [1.29, 1.82) is 0 Å². The molecule has 17 heteroatoms. The topological polar surface area (TPSA) is 211 Å². The number of hydrogen-bond acceptors (Lipinski definition) is 11. The van der Waals surface area contributed by atoms with Gasteiger partial charge in [-0.2, -0.15) is 5.10 Å². The van der Waals surface area contributed by atoms with Crippen LogP contribution in [-0.2, 0) is 25.3 Å². The van der Waals surface area contributed by atoms with Crippen LogP contribution in [0, 0.1) is 13.8 Å². The number of anilines is 2. The van der Waals surface area contributed by atoms with Gasteiger partial charge in [-0.15, -0.1) is 0 Å². The maximum atomic E-state index is 13.5. The minimum atomic E-state index is -4.72. The van der Waals surface area contributed by atoms with Gasteiger partial charge in [-0.05, 0) is 68.1 Å². The number of phosphoric ester groups is 1. The van der Waals surface area contributed by atoms with Crippen LogP contribution in [0.2, 0.25) is 0 Å². The van der Waals surface area contributed by atoms with Crippen molar-refractivity contribution in [2.45, 2.75) is 40.5 Å². The summed E-state index contributed by atoms with van der Waals surface area (Å²) < 4.78 is 27.0. The predicted molar refractivity (Wildman–Crippen MR) is 172 cm³/mol. The number of nitrogens with zero attached hydrogens (tertiary/aromatic N) is 4. The number of aryl methyl sites for hydroxylation is 2. The summed E-state index contributed by atoms with van der Waals surface area (Å²) in [6.07, 6.45) is 2.15. The number of ether oxygens (including phenoxy) is 2. The lowest BCUT2D eigenvalue weighted by molar-refractivity contribution is -0.151. The molecule has 0 spiro atoms. The van der Waals surface area contributed by atoms with Crippen molar-refractivity contribution in [1.82, 2.24) is 24.8 Å². The largest absolute Gasteiger partial charge is 0.524 e. The molecule has 4 aromatic rings. The molecular formula is C31H35N6O10P. The molecule has 3 amide bonds. The number of amides is 3. The van der Waals surface area contributed by atoms with Crippen LogP contribution >= 0.6 is 7.82 Å². The van der Waals surface area contributed by atoms with E-state index in [0.29, 0.717) is 46.7 Å². The molecule has 0 aliphatic rings. The summed E-state index contributed by atoms with van der Waals surface area (Å²) >= 11 is 0. The zero-order valence-corrected chi connectivity index (χ0v) is 27.5. The Kier molecular flexibility index (Phi) is 11.5. The van der Waals surface area contributed by atoms with E-state index in [-0.39, 0.29) is 30.2 Å². The van der Waals surface area contributed by atoms with Gasteiger partial charge in [-0.25, -0.2) is 23.8 Å². The quantitative estimate of drug-likeness (QED) is 0.0892. The van der Waals surface area contributed by atoms with Gasteiger partial charge in [0.2, 0.25) is 6.79 Å². The molecule has 0 fully saturated rings. The van der Waals surface area contributed by atoms with Crippen molar-refractivity contribution in [2.75, 3.05) is 25.2 Å². The standard InChI is InChI=1S/C31H35N6O10P/c1-5-13-36(31(41)46-18-45-26(38)14-21-8-11-23(12-9-21)47-48(42,43)44)30(40)22-10-7-19(3)25(15-22)35-28-27-20(4)24(29(39)32-6-2)16-37(27)34-17-33-28/h7-12,15-17H,5-6,13-14,18H2,1-4H3,(H,32,39)(H,33,34,35)(H2,42,43,44). The minimum absolute atomic E-state index is 0.0315. The second-order valence-corrected chi connectivity index (χ2v) is 11.7. The molecule has 254 valence electrons. The molecule has 0 saturated heterocycles. The Morgan fingerprint density at radius 1 is 1.02 bits per heavy atom. The summed E-state index contributed by atoms with van der Waals surface area (Å²) in [7, 11) is -4.72. The Labute approximate surface area is 275 Å². The van der Waals surface area contributed by atoms with Gasteiger partial charge in [0.1, 0.15) is 17.6 Å². The number of aromatic nitrogens is 3. The molecule has 2 aromatic carbocycles. The zero-order chi connectivity index (χ0) is 35.0. The van der Waals surface area contributed by atoms with Gasteiger partial charge in [0.05, 0.1) is 12.0 Å². The molecule has 0 aliphatic heterocycles. The Morgan fingerprint density at radius 3 is 2.42 bits per heavy atom. The molecule has 0 radical (unpaired) electrons. The lowest BCUT2D eigenvalue weighted by Gasteiger charge is -2.20. The fraction of sp³-hybridized carbons (Fsp3) is 0.290. The van der Waals surface area contributed by atoms with E-state index in [9.17, 15) is 23.7 Å². The third kappa shape index (κ3) is 8.94. The number of phosphoric acid groups is 1. The fourth-order valence-electron chi connectivity index (χ4n) is 4.66. The van der Waals surface area contributed by atoms with E-state index in [1.807, 2.05) is 13.8 Å². The van der Waals surface area contributed by atoms with E-state index in [2.05, 4.69) is 25.2 Å². The number of imide groups is 1. The average molecular weight is 683 g/mol. The third-order valence-corrected chi connectivity index (χ3v) is 7.41. The summed E-state index contributed by atoms with van der Waals surface area (Å²) in [6, 6.07) is 10.2. The average Bonchev–Trinajstić information content (AvgIpc) is 3.38. The molecule has 4 rings (SSSR count). The number of rotatable bonds is 13. The molecule has 2 heterocycles. The van der Waals surface area contributed by atoms with Gasteiger partial charge in [-0.1, -0.05) is 25.1 Å². The van der Waals surface area contributed by atoms with Gasteiger partial charge in [0, 0.05) is 30.5 Å². The van der Waals surface area contributed by atoms with E-state index in [0.717, 1.165) is 10.5 Å². The normalized spacial score (nSPS) is 11.1. The van der Waals surface area contributed by atoms with Gasteiger partial charge in [-0.3, -0.25) is 24.2 Å². The van der Waals surface area contributed by atoms with Crippen LogP contribution in [0.25, 0.3) is 5.52 Å². The minimum Gasteiger partial charge on any atom is -0.428 e. The van der Waals surface area contributed by atoms with E-state index in [1.54, 1.807) is 42.8 Å². The molecular weight excluding hydrogens is 647 g/mol. The van der Waals surface area contributed by atoms with E-state index < -0.39 is 32.6 Å². The fourth-order valence-corrected chi connectivity index (χ4v) is 5.05. The highest BCUT2D eigenvalue weighted by molar-refractivity contribution is 7.46. The van der Waals surface area contributed by atoms with Crippen LogP contribution in [0.5, 0.6) is 5.75 Å². The molecule has 0 aliphatic carbocycles. The summed E-state index contributed by atoms with van der Waals surface area (Å²) in [4.78, 5) is 74.2. The van der Waals surface area contributed by atoms with E-state index >= 15 is 0 Å². The second-order valence-electron chi connectivity index (χ2n) is 10.5. The molecule has 0 bridgehead atoms. The Morgan fingerprint density at radius 2 is 1.75 bits per heavy atom. The second kappa shape index (κ2) is 15.5. The molecule has 16 nitrogen and oxygen atoms in total. The lowest BCUT2D eigenvalue weighted by atomic mass is 10.1. The van der Waals surface area contributed by atoms with E-state index in [1.165, 1.54) is 30.6 Å². The Bertz CT molecular complexity index is 1870. The number of nitrogens with one attached hydrogen (secondary N) is 2. The summed E-state index contributed by atoms with van der Waals surface area (Å²) in [5, 5.41) is 10.2. The molecule has 0 unspecified atom stereocenters. The van der Waals surface area contributed by atoms with Crippen molar-refractivity contribution in [3.63, 3.8) is 0 Å². The Hall–Kier alpha value is -5.31. The summed E-state index contributed by atoms with van der Waals surface area (Å²) in [6.45, 7) is 6.98. The first kappa shape index (κ1) is 35.5. The van der Waals surface area contributed by atoms with E-state index in [4.69, 9.17) is 19.3 Å². The summed E-state index contributed by atoms with van der Waals surface area (Å²) in [5.74, 6) is -1.30. The van der Waals surface area contributed by atoms with Crippen LogP contribution in [0.3, 0.4) is 0 Å². The number of carbonyl (C=O) groups excluding carboxylic acids is 4. The van der Waals surface area contributed by atoms with Crippen molar-refractivity contribution in [3.05, 3.63) is 82.8 Å². The molecule has 48 heavy (non-hydrogen) atoms. The monoisotopic (exact) mass is 682 g/mol. The number of fused-ring (bicyclic) bond motifs is 1.